The fourth-order valence-corrected chi connectivity index (χ4v) is 3.02. The number of nitrogens with zero attached hydrogens (tertiary/aromatic N) is 2. The predicted octanol–water partition coefficient (Wildman–Crippen LogP) is -0.188. The molecule has 0 saturated carbocycles. The summed E-state index contributed by atoms with van der Waals surface area (Å²) in [6.45, 7) is 3.61. The Balaban J connectivity index is 2.72. The van der Waals surface area contributed by atoms with E-state index in [2.05, 4.69) is 0 Å². The summed E-state index contributed by atoms with van der Waals surface area (Å²) >= 11 is 0. The van der Waals surface area contributed by atoms with E-state index < -0.39 is 59.3 Å². The Morgan fingerprint density at radius 3 is 2.56 bits per heavy atom. The Morgan fingerprint density at radius 1 is 1.41 bits per heavy atom. The zero-order valence-corrected chi connectivity index (χ0v) is 14.7. The third-order valence-electron chi connectivity index (χ3n) is 4.18. The second-order valence-corrected chi connectivity index (χ2v) is 6.06. The molecule has 1 saturated heterocycles. The number of H-pyrrole nitrogens is 1. The monoisotopic (exact) mass is 387 g/mol. The van der Waals surface area contributed by atoms with E-state index in [0.29, 0.717) is 15.7 Å². The van der Waals surface area contributed by atoms with Gasteiger partial charge < -0.3 is 14.6 Å². The number of nitrogens with one attached hydrogen (secondary N) is 1. The van der Waals surface area contributed by atoms with Crippen LogP contribution in [0.5, 0.6) is 0 Å². The Labute approximate surface area is 151 Å². The van der Waals surface area contributed by atoms with Crippen molar-refractivity contribution in [2.45, 2.75) is 45.0 Å². The van der Waals surface area contributed by atoms with Crippen molar-refractivity contribution < 1.29 is 33.4 Å². The van der Waals surface area contributed by atoms with E-state index in [4.69, 9.17) is 9.47 Å². The number of hydrogen-bond acceptors (Lipinski definition) is 7. The third-order valence-corrected chi connectivity index (χ3v) is 4.18. The topological polar surface area (TPSA) is 148 Å². The molecule has 1 aliphatic heterocycles. The summed E-state index contributed by atoms with van der Waals surface area (Å²) in [7, 11) is 0. The smallest absolute Gasteiger partial charge is 0.412 e. The molecule has 11 nitrogen and oxygen atoms in total. The molecule has 0 bridgehead atoms. The number of carbonyl (C=O) groups excluding carboxylic acids is 2. The van der Waals surface area contributed by atoms with Crippen LogP contribution in [-0.2, 0) is 19.1 Å². The van der Waals surface area contributed by atoms with Crippen LogP contribution in [0.25, 0.3) is 0 Å². The lowest BCUT2D eigenvalue weighted by atomic mass is 9.98. The number of likely N-dealkylation sites (tertiary alicyclic amines) is 1. The van der Waals surface area contributed by atoms with Gasteiger partial charge in [-0.2, -0.15) is 4.39 Å². The number of halogens is 1. The van der Waals surface area contributed by atoms with Gasteiger partial charge in [-0.3, -0.25) is 24.0 Å². The van der Waals surface area contributed by atoms with Gasteiger partial charge in [-0.1, -0.05) is 0 Å². The van der Waals surface area contributed by atoms with Crippen molar-refractivity contribution in [1.29, 1.82) is 0 Å². The van der Waals surface area contributed by atoms with Crippen molar-refractivity contribution in [2.24, 2.45) is 0 Å². The molecule has 3 atom stereocenters. The molecular weight excluding hydrogens is 369 g/mol. The van der Waals surface area contributed by atoms with E-state index in [-0.39, 0.29) is 6.61 Å². The molecule has 3 unspecified atom stereocenters. The van der Waals surface area contributed by atoms with Gasteiger partial charge in [-0.05, 0) is 13.8 Å². The first kappa shape index (κ1) is 20.1. The molecule has 12 heteroatoms. The zero-order valence-electron chi connectivity index (χ0n) is 14.7. The SMILES string of the molecule is CCOC(=O)N1C(n2cc(F)c(=O)[nH]c2=O)C(OC(C)=O)CC1(C)C(=O)O. The summed E-state index contributed by atoms with van der Waals surface area (Å²) in [5.41, 5.74) is -4.34. The molecule has 0 radical (unpaired) electrons. The van der Waals surface area contributed by atoms with Crippen LogP contribution in [-0.4, -0.2) is 55.8 Å². The average molecular weight is 387 g/mol. The minimum absolute atomic E-state index is 0.106. The molecule has 2 heterocycles. The Bertz CT molecular complexity index is 894. The second-order valence-electron chi connectivity index (χ2n) is 6.06. The number of hydrogen-bond donors (Lipinski definition) is 2. The Morgan fingerprint density at radius 2 is 2.04 bits per heavy atom. The predicted molar refractivity (Wildman–Crippen MR) is 85.4 cm³/mol. The lowest BCUT2D eigenvalue weighted by Crippen LogP contribution is -2.54. The maximum atomic E-state index is 13.8. The number of amides is 1. The van der Waals surface area contributed by atoms with Crippen LogP contribution in [0, 0.1) is 5.82 Å². The summed E-state index contributed by atoms with van der Waals surface area (Å²) < 4.78 is 24.3. The molecule has 0 spiro atoms. The quantitative estimate of drug-likeness (QED) is 0.676. The number of aliphatic carboxylic acids is 1. The van der Waals surface area contributed by atoms with Crippen LogP contribution >= 0.6 is 0 Å². The van der Waals surface area contributed by atoms with Crippen LogP contribution in [0.2, 0.25) is 0 Å². The van der Waals surface area contributed by atoms with Gasteiger partial charge in [-0.25, -0.2) is 14.4 Å². The molecular formula is C15H18FN3O8. The van der Waals surface area contributed by atoms with Gasteiger partial charge in [0.15, 0.2) is 6.17 Å². The van der Waals surface area contributed by atoms with Gasteiger partial charge in [0, 0.05) is 13.3 Å². The van der Waals surface area contributed by atoms with Gasteiger partial charge in [0.2, 0.25) is 5.82 Å². The summed E-state index contributed by atoms with van der Waals surface area (Å²) in [6, 6.07) is 0. The highest BCUT2D eigenvalue weighted by molar-refractivity contribution is 5.85. The highest BCUT2D eigenvalue weighted by atomic mass is 19.1. The first-order chi connectivity index (χ1) is 12.5. The van der Waals surface area contributed by atoms with Crippen LogP contribution < -0.4 is 11.2 Å². The molecule has 2 N–H and O–H groups in total. The minimum Gasteiger partial charge on any atom is -0.480 e. The first-order valence-corrected chi connectivity index (χ1v) is 7.90. The summed E-state index contributed by atoms with van der Waals surface area (Å²) in [6.07, 6.45) is -3.84. The summed E-state index contributed by atoms with van der Waals surface area (Å²) in [5.74, 6) is -3.60. The third kappa shape index (κ3) is 3.55. The van der Waals surface area contributed by atoms with Crippen LogP contribution in [0.1, 0.15) is 33.4 Å². The van der Waals surface area contributed by atoms with Gasteiger partial charge in [0.25, 0.3) is 5.56 Å². The normalized spacial score (nSPS) is 24.5. The van der Waals surface area contributed by atoms with Crippen molar-refractivity contribution >= 4 is 18.0 Å². The molecule has 148 valence electrons. The zero-order chi connectivity index (χ0) is 20.5. The Kier molecular flexibility index (Phi) is 5.38. The molecule has 1 aromatic rings. The molecule has 2 rings (SSSR count). The van der Waals surface area contributed by atoms with Crippen molar-refractivity contribution in [3.05, 3.63) is 32.9 Å². The fraction of sp³-hybridized carbons (Fsp3) is 0.533. The fourth-order valence-electron chi connectivity index (χ4n) is 3.02. The molecule has 1 fully saturated rings. The largest absolute Gasteiger partial charge is 0.480 e. The number of aromatic nitrogens is 2. The van der Waals surface area contributed by atoms with Gasteiger partial charge >= 0.3 is 23.7 Å². The lowest BCUT2D eigenvalue weighted by molar-refractivity contribution is -0.149. The van der Waals surface area contributed by atoms with E-state index >= 15 is 0 Å². The number of rotatable bonds is 4. The number of carbonyl (C=O) groups is 3. The number of aromatic amines is 1. The number of esters is 1. The van der Waals surface area contributed by atoms with E-state index in [1.54, 1.807) is 4.98 Å². The summed E-state index contributed by atoms with van der Waals surface area (Å²) in [5, 5.41) is 9.64. The first-order valence-electron chi connectivity index (χ1n) is 7.90. The van der Waals surface area contributed by atoms with E-state index in [9.17, 15) is 33.5 Å². The molecule has 0 aliphatic carbocycles. The van der Waals surface area contributed by atoms with E-state index in [1.807, 2.05) is 0 Å². The molecule has 1 aliphatic rings. The second kappa shape index (κ2) is 7.21. The standard InChI is InChI=1S/C15H18FN3O8/c1-4-26-14(25)19-11(18-6-8(16)10(21)17-13(18)24)9(27-7(2)20)5-15(19,3)12(22)23/h6,9,11H,4-5H2,1-3H3,(H,22,23)(H,17,21,24). The maximum absolute atomic E-state index is 13.8. The average Bonchev–Trinajstić information content (AvgIpc) is 2.84. The van der Waals surface area contributed by atoms with Gasteiger partial charge in [0.1, 0.15) is 11.6 Å². The van der Waals surface area contributed by atoms with Crippen LogP contribution in [0.4, 0.5) is 9.18 Å². The molecule has 0 aromatic carbocycles. The highest BCUT2D eigenvalue weighted by Crippen LogP contribution is 2.42. The lowest BCUT2D eigenvalue weighted by Gasteiger charge is -2.34. The van der Waals surface area contributed by atoms with E-state index in [1.165, 1.54) is 13.8 Å². The number of carboxylic acid groups (broad SMARTS) is 1. The van der Waals surface area contributed by atoms with Crippen molar-refractivity contribution in [3.8, 4) is 0 Å². The van der Waals surface area contributed by atoms with Gasteiger partial charge in [0.05, 0.1) is 12.8 Å². The Hall–Kier alpha value is -3.18. The van der Waals surface area contributed by atoms with Gasteiger partial charge in [-0.15, -0.1) is 0 Å². The number of ether oxygens (including phenoxy) is 2. The molecule has 27 heavy (non-hydrogen) atoms. The molecule has 1 amide bonds. The van der Waals surface area contributed by atoms with Crippen LogP contribution in [0.15, 0.2) is 15.8 Å². The minimum atomic E-state index is -1.93. The maximum Gasteiger partial charge on any atom is 0.412 e. The van der Waals surface area contributed by atoms with Crippen molar-refractivity contribution in [2.75, 3.05) is 6.61 Å². The summed E-state index contributed by atoms with van der Waals surface area (Å²) in [4.78, 5) is 61.6. The van der Waals surface area contributed by atoms with Crippen molar-refractivity contribution in [1.82, 2.24) is 14.5 Å². The van der Waals surface area contributed by atoms with Crippen molar-refractivity contribution in [3.63, 3.8) is 0 Å². The molecule has 1 aromatic heterocycles. The highest BCUT2D eigenvalue weighted by Gasteiger charge is 2.59. The van der Waals surface area contributed by atoms with E-state index in [0.717, 1.165) is 6.92 Å². The number of carboxylic acids is 1. The van der Waals surface area contributed by atoms with Crippen LogP contribution in [0.3, 0.4) is 0 Å².